The van der Waals surface area contributed by atoms with Crippen molar-refractivity contribution in [1.82, 2.24) is 16.2 Å². The molecule has 136 valence electrons. The van der Waals surface area contributed by atoms with Crippen LogP contribution >= 0.6 is 23.8 Å². The molecule has 0 unspecified atom stereocenters. The molecule has 0 aromatic heterocycles. The third-order valence-electron chi connectivity index (χ3n) is 3.44. The summed E-state index contributed by atoms with van der Waals surface area (Å²) in [5.74, 6) is -0.305. The summed E-state index contributed by atoms with van der Waals surface area (Å²) >= 11 is 10.9. The minimum Gasteiger partial charge on any atom is -0.361 e. The number of benzene rings is 2. The van der Waals surface area contributed by atoms with E-state index in [1.807, 2.05) is 24.3 Å². The van der Waals surface area contributed by atoms with Gasteiger partial charge in [0.2, 0.25) is 5.91 Å². The Balaban J connectivity index is 1.67. The first-order chi connectivity index (χ1) is 12.4. The van der Waals surface area contributed by atoms with E-state index in [4.69, 9.17) is 23.8 Å². The molecule has 0 radical (unpaired) electrons. The standard InChI is InChI=1S/C17H17ClN4O3S/c18-14-5-1-12(2-6-14)9-10-19-17(26)21-20-16(23)11-13-3-7-15(8-4-13)22(24)25/h1-8H,9-11H2,(H,20,23)(H2,19,21,26). The van der Waals surface area contributed by atoms with Gasteiger partial charge in [-0.1, -0.05) is 35.9 Å². The molecule has 0 atom stereocenters. The third-order valence-corrected chi connectivity index (χ3v) is 3.94. The number of amides is 1. The maximum absolute atomic E-state index is 11.9. The van der Waals surface area contributed by atoms with Crippen LogP contribution in [-0.4, -0.2) is 22.5 Å². The zero-order valence-corrected chi connectivity index (χ0v) is 15.3. The summed E-state index contributed by atoms with van der Waals surface area (Å²) in [5, 5.41) is 14.6. The maximum Gasteiger partial charge on any atom is 0.269 e. The first-order valence-electron chi connectivity index (χ1n) is 7.74. The normalized spacial score (nSPS) is 10.0. The molecular weight excluding hydrogens is 376 g/mol. The molecule has 0 aliphatic heterocycles. The monoisotopic (exact) mass is 392 g/mol. The zero-order chi connectivity index (χ0) is 18.9. The largest absolute Gasteiger partial charge is 0.361 e. The molecule has 26 heavy (non-hydrogen) atoms. The van der Waals surface area contributed by atoms with Gasteiger partial charge in [0.25, 0.3) is 5.69 Å². The van der Waals surface area contributed by atoms with E-state index in [0.717, 1.165) is 12.0 Å². The fraction of sp³-hybridized carbons (Fsp3) is 0.176. The molecule has 2 rings (SSSR count). The molecular formula is C17H17ClN4O3S. The topological polar surface area (TPSA) is 96.3 Å². The number of halogens is 1. The van der Waals surface area contributed by atoms with E-state index in [0.29, 0.717) is 22.2 Å². The van der Waals surface area contributed by atoms with Gasteiger partial charge >= 0.3 is 0 Å². The molecule has 3 N–H and O–H groups in total. The first kappa shape index (κ1) is 19.6. The van der Waals surface area contributed by atoms with E-state index in [-0.39, 0.29) is 18.0 Å². The lowest BCUT2D eigenvalue weighted by molar-refractivity contribution is -0.384. The number of rotatable bonds is 6. The molecule has 9 heteroatoms. The number of hydrogen-bond donors (Lipinski definition) is 3. The average molecular weight is 393 g/mol. The van der Waals surface area contributed by atoms with Crippen LogP contribution in [0.15, 0.2) is 48.5 Å². The number of thiocarbonyl (C=S) groups is 1. The minimum atomic E-state index is -0.487. The van der Waals surface area contributed by atoms with Gasteiger partial charge in [0.05, 0.1) is 11.3 Å². The van der Waals surface area contributed by atoms with Gasteiger partial charge in [-0.05, 0) is 41.9 Å². The summed E-state index contributed by atoms with van der Waals surface area (Å²) in [6, 6.07) is 13.3. The lowest BCUT2D eigenvalue weighted by Crippen LogP contribution is -2.47. The second-order valence-corrected chi connectivity index (χ2v) is 6.25. The maximum atomic E-state index is 11.9. The van der Waals surface area contributed by atoms with Gasteiger partial charge in [-0.2, -0.15) is 0 Å². The summed E-state index contributed by atoms with van der Waals surface area (Å²) in [4.78, 5) is 22.0. The zero-order valence-electron chi connectivity index (χ0n) is 13.7. The molecule has 7 nitrogen and oxygen atoms in total. The number of nitro groups is 1. The first-order valence-corrected chi connectivity index (χ1v) is 8.53. The van der Waals surface area contributed by atoms with E-state index in [2.05, 4.69) is 16.2 Å². The Labute approximate surface area is 160 Å². The Kier molecular flexibility index (Phi) is 7.31. The van der Waals surface area contributed by atoms with Crippen molar-refractivity contribution >= 4 is 40.5 Å². The van der Waals surface area contributed by atoms with E-state index in [1.54, 1.807) is 12.1 Å². The molecule has 0 spiro atoms. The number of non-ortho nitro benzene ring substituents is 1. The van der Waals surface area contributed by atoms with Crippen LogP contribution in [0.1, 0.15) is 11.1 Å². The van der Waals surface area contributed by atoms with Gasteiger partial charge in [-0.15, -0.1) is 0 Å². The SMILES string of the molecule is O=C(Cc1ccc([N+](=O)[O-])cc1)NNC(=S)NCCc1ccc(Cl)cc1. The molecule has 2 aromatic rings. The Hall–Kier alpha value is -2.71. The summed E-state index contributed by atoms with van der Waals surface area (Å²) in [6.07, 6.45) is 0.841. The molecule has 1 amide bonds. The number of carbonyl (C=O) groups is 1. The molecule has 0 saturated carbocycles. The fourth-order valence-corrected chi connectivity index (χ4v) is 2.39. The Morgan fingerprint density at radius 1 is 1.04 bits per heavy atom. The van der Waals surface area contributed by atoms with Crippen LogP contribution in [0.25, 0.3) is 0 Å². The van der Waals surface area contributed by atoms with Crippen LogP contribution in [0.3, 0.4) is 0 Å². The third kappa shape index (κ3) is 6.66. The van der Waals surface area contributed by atoms with Crippen molar-refractivity contribution in [2.45, 2.75) is 12.8 Å². The Bertz CT molecular complexity index is 782. The average Bonchev–Trinajstić information content (AvgIpc) is 2.62. The number of hydrogen-bond acceptors (Lipinski definition) is 4. The van der Waals surface area contributed by atoms with Crippen molar-refractivity contribution in [2.75, 3.05) is 6.54 Å². The Morgan fingerprint density at radius 2 is 1.65 bits per heavy atom. The van der Waals surface area contributed by atoms with Crippen molar-refractivity contribution in [3.63, 3.8) is 0 Å². The molecule has 0 heterocycles. The van der Waals surface area contributed by atoms with Gasteiger partial charge in [0, 0.05) is 23.7 Å². The van der Waals surface area contributed by atoms with E-state index in [9.17, 15) is 14.9 Å². The van der Waals surface area contributed by atoms with Crippen molar-refractivity contribution < 1.29 is 9.72 Å². The quantitative estimate of drug-likeness (QED) is 0.397. The van der Waals surface area contributed by atoms with Crippen LogP contribution in [0.4, 0.5) is 5.69 Å². The molecule has 2 aromatic carbocycles. The summed E-state index contributed by atoms with van der Waals surface area (Å²) in [7, 11) is 0. The van der Waals surface area contributed by atoms with Gasteiger partial charge < -0.3 is 5.32 Å². The van der Waals surface area contributed by atoms with Crippen molar-refractivity contribution in [2.24, 2.45) is 0 Å². The molecule has 0 bridgehead atoms. The fourth-order valence-electron chi connectivity index (χ4n) is 2.11. The summed E-state index contributed by atoms with van der Waals surface area (Å²) < 4.78 is 0. The second kappa shape index (κ2) is 9.69. The highest BCUT2D eigenvalue weighted by Crippen LogP contribution is 2.12. The predicted molar refractivity (Wildman–Crippen MR) is 104 cm³/mol. The number of nitrogens with zero attached hydrogens (tertiary/aromatic N) is 1. The summed E-state index contributed by atoms with van der Waals surface area (Å²) in [5.41, 5.74) is 6.87. The summed E-state index contributed by atoms with van der Waals surface area (Å²) in [6.45, 7) is 0.603. The molecule has 0 saturated heterocycles. The van der Waals surface area contributed by atoms with Gasteiger partial charge in [-0.25, -0.2) is 0 Å². The van der Waals surface area contributed by atoms with Crippen molar-refractivity contribution in [1.29, 1.82) is 0 Å². The van der Waals surface area contributed by atoms with Crippen LogP contribution < -0.4 is 16.2 Å². The van der Waals surface area contributed by atoms with Crippen LogP contribution in [0.2, 0.25) is 5.02 Å². The minimum absolute atomic E-state index is 0.0154. The molecule has 0 aliphatic carbocycles. The lowest BCUT2D eigenvalue weighted by atomic mass is 10.1. The number of nitro benzene ring substituents is 1. The predicted octanol–water partition coefficient (Wildman–Crippen LogP) is 2.53. The highest BCUT2D eigenvalue weighted by molar-refractivity contribution is 7.80. The smallest absolute Gasteiger partial charge is 0.269 e. The van der Waals surface area contributed by atoms with Crippen molar-refractivity contribution in [3.05, 3.63) is 74.8 Å². The number of carbonyl (C=O) groups excluding carboxylic acids is 1. The van der Waals surface area contributed by atoms with E-state index in [1.165, 1.54) is 12.1 Å². The van der Waals surface area contributed by atoms with Crippen molar-refractivity contribution in [3.8, 4) is 0 Å². The lowest BCUT2D eigenvalue weighted by Gasteiger charge is -2.11. The van der Waals surface area contributed by atoms with Gasteiger partial charge in [-0.3, -0.25) is 25.8 Å². The van der Waals surface area contributed by atoms with Crippen LogP contribution in [0.5, 0.6) is 0 Å². The number of nitrogens with one attached hydrogen (secondary N) is 3. The van der Waals surface area contributed by atoms with Gasteiger partial charge in [0.15, 0.2) is 5.11 Å². The van der Waals surface area contributed by atoms with E-state index < -0.39 is 4.92 Å². The molecule has 0 fully saturated rings. The van der Waals surface area contributed by atoms with Gasteiger partial charge in [0.1, 0.15) is 0 Å². The highest BCUT2D eigenvalue weighted by atomic mass is 35.5. The van der Waals surface area contributed by atoms with E-state index >= 15 is 0 Å². The Morgan fingerprint density at radius 3 is 2.27 bits per heavy atom. The highest BCUT2D eigenvalue weighted by Gasteiger charge is 2.07. The molecule has 0 aliphatic rings. The van der Waals surface area contributed by atoms with Crippen LogP contribution in [-0.2, 0) is 17.6 Å². The number of hydrazine groups is 1. The van der Waals surface area contributed by atoms with Crippen LogP contribution in [0, 0.1) is 10.1 Å². The second-order valence-electron chi connectivity index (χ2n) is 5.41.